The molecule has 2 saturated heterocycles. The molecule has 0 bridgehead atoms. The molecule has 6 nitrogen and oxygen atoms in total. The first-order valence-electron chi connectivity index (χ1n) is 14.5. The summed E-state index contributed by atoms with van der Waals surface area (Å²) < 4.78 is 67.7. The van der Waals surface area contributed by atoms with E-state index in [9.17, 15) is 27.2 Å². The lowest BCUT2D eigenvalue weighted by molar-refractivity contribution is -0.176. The predicted octanol–water partition coefficient (Wildman–Crippen LogP) is 6.18. The number of hydrogen-bond donors (Lipinski definition) is 1. The van der Waals surface area contributed by atoms with Crippen molar-refractivity contribution in [2.24, 2.45) is 16.7 Å². The topological polar surface area (TPSA) is 67.9 Å². The number of nitrogens with one attached hydrogen (secondary N) is 1. The zero-order valence-electron chi connectivity index (χ0n) is 25.0. The van der Waals surface area contributed by atoms with Gasteiger partial charge >= 0.3 is 5.97 Å². The molecule has 2 aliphatic heterocycles. The summed E-state index contributed by atoms with van der Waals surface area (Å²) in [6.07, 6.45) is 0.157. The van der Waals surface area contributed by atoms with Gasteiger partial charge in [-0.2, -0.15) is 0 Å². The standard InChI is InChI=1S/C31H44F4N2O4/c1-27(2,3)41-25(38)24-21(8-7-9-23(24)20-10-12-31(34,35)13-11-20)15-40-16-22-14-36-17-30(22)18-37(19-30)26(39)28(4,5)29(6,32)33/h7-9,20,22,36H,10-19H2,1-6H3/t22-/m0/s1. The Labute approximate surface area is 240 Å². The van der Waals surface area contributed by atoms with Gasteiger partial charge in [-0.25, -0.2) is 22.4 Å². The largest absolute Gasteiger partial charge is 0.456 e. The lowest BCUT2D eigenvalue weighted by atomic mass is 9.70. The molecule has 3 fully saturated rings. The van der Waals surface area contributed by atoms with Crippen LogP contribution in [0.2, 0.25) is 0 Å². The molecule has 1 N–H and O–H groups in total. The fraction of sp³-hybridized carbons (Fsp3) is 0.742. The van der Waals surface area contributed by atoms with Gasteiger partial charge in [0.15, 0.2) is 0 Å². The molecule has 1 aromatic rings. The normalized spacial score (nSPS) is 23.0. The quantitative estimate of drug-likeness (QED) is 0.292. The number of ether oxygens (including phenoxy) is 2. The number of esters is 1. The van der Waals surface area contributed by atoms with Crippen molar-refractivity contribution in [3.63, 3.8) is 0 Å². The highest BCUT2D eigenvalue weighted by Gasteiger charge is 2.58. The minimum absolute atomic E-state index is 0.0607. The molecule has 230 valence electrons. The fourth-order valence-corrected chi connectivity index (χ4v) is 6.22. The Hall–Kier alpha value is -2.20. The van der Waals surface area contributed by atoms with E-state index in [1.165, 1.54) is 18.7 Å². The van der Waals surface area contributed by atoms with Gasteiger partial charge in [0.05, 0.1) is 18.8 Å². The van der Waals surface area contributed by atoms with Gasteiger partial charge in [-0.15, -0.1) is 0 Å². The van der Waals surface area contributed by atoms with Crippen molar-refractivity contribution in [2.45, 2.75) is 97.2 Å². The van der Waals surface area contributed by atoms with E-state index in [0.717, 1.165) is 12.5 Å². The minimum atomic E-state index is -3.14. The molecule has 1 atom stereocenters. The average molecular weight is 585 g/mol. The number of likely N-dealkylation sites (tertiary alicyclic amines) is 1. The Morgan fingerprint density at radius 3 is 2.27 bits per heavy atom. The molecule has 0 aromatic heterocycles. The predicted molar refractivity (Wildman–Crippen MR) is 147 cm³/mol. The van der Waals surface area contributed by atoms with Crippen molar-refractivity contribution in [1.29, 1.82) is 0 Å². The highest BCUT2D eigenvalue weighted by atomic mass is 19.3. The van der Waals surface area contributed by atoms with Crippen LogP contribution in [0.5, 0.6) is 0 Å². The third kappa shape index (κ3) is 6.74. The second kappa shape index (κ2) is 11.1. The smallest absolute Gasteiger partial charge is 0.339 e. The van der Waals surface area contributed by atoms with Gasteiger partial charge in [0.2, 0.25) is 11.8 Å². The number of rotatable bonds is 8. The first-order chi connectivity index (χ1) is 18.9. The molecule has 4 rings (SSSR count). The van der Waals surface area contributed by atoms with Crippen LogP contribution in [0, 0.1) is 16.7 Å². The summed E-state index contributed by atoms with van der Waals surface area (Å²) >= 11 is 0. The van der Waals surface area contributed by atoms with Crippen molar-refractivity contribution in [3.8, 4) is 0 Å². The molecule has 1 aliphatic carbocycles. The van der Waals surface area contributed by atoms with Crippen molar-refractivity contribution in [3.05, 3.63) is 34.9 Å². The van der Waals surface area contributed by atoms with Crippen molar-refractivity contribution >= 4 is 11.9 Å². The SMILES string of the molecule is CC(C)(C)OC(=O)c1c(COC[C@@H]2CNCC23CN(C(=O)C(C)(C)C(C)(F)F)C3)cccc1C1CCC(F)(F)CC1. The van der Waals surface area contributed by atoms with Crippen LogP contribution in [-0.4, -0.2) is 67.0 Å². The maximum absolute atomic E-state index is 14.1. The number of benzene rings is 1. The van der Waals surface area contributed by atoms with E-state index in [-0.39, 0.29) is 36.7 Å². The molecule has 2 heterocycles. The molecule has 3 aliphatic rings. The van der Waals surface area contributed by atoms with Gasteiger partial charge in [-0.3, -0.25) is 4.79 Å². The zero-order chi connectivity index (χ0) is 30.4. The van der Waals surface area contributed by atoms with E-state index in [1.807, 2.05) is 12.1 Å². The first-order valence-corrected chi connectivity index (χ1v) is 14.5. The Bertz CT molecular complexity index is 1130. The van der Waals surface area contributed by atoms with Crippen LogP contribution in [0.1, 0.15) is 94.6 Å². The van der Waals surface area contributed by atoms with Crippen LogP contribution >= 0.6 is 0 Å². The van der Waals surface area contributed by atoms with E-state index >= 15 is 0 Å². The highest BCUT2D eigenvalue weighted by molar-refractivity contribution is 5.93. The summed E-state index contributed by atoms with van der Waals surface area (Å²) in [5, 5.41) is 3.35. The number of alkyl halides is 4. The Kier molecular flexibility index (Phi) is 8.62. The van der Waals surface area contributed by atoms with E-state index in [1.54, 1.807) is 26.8 Å². The molecule has 41 heavy (non-hydrogen) atoms. The highest BCUT2D eigenvalue weighted by Crippen LogP contribution is 2.46. The van der Waals surface area contributed by atoms with E-state index in [4.69, 9.17) is 9.47 Å². The minimum Gasteiger partial charge on any atom is -0.456 e. The molecular weight excluding hydrogens is 540 g/mol. The molecule has 0 unspecified atom stereocenters. The van der Waals surface area contributed by atoms with Crippen LogP contribution in [0.25, 0.3) is 0 Å². The summed E-state index contributed by atoms with van der Waals surface area (Å²) in [4.78, 5) is 27.7. The summed E-state index contributed by atoms with van der Waals surface area (Å²) in [6.45, 7) is 11.3. The number of nitrogens with zero attached hydrogens (tertiary/aromatic N) is 1. The second-order valence-corrected chi connectivity index (χ2v) is 13.9. The van der Waals surface area contributed by atoms with Crippen LogP contribution in [0.3, 0.4) is 0 Å². The number of hydrogen-bond acceptors (Lipinski definition) is 5. The van der Waals surface area contributed by atoms with Crippen LogP contribution in [0.4, 0.5) is 17.6 Å². The summed E-state index contributed by atoms with van der Waals surface area (Å²) in [6, 6.07) is 5.46. The van der Waals surface area contributed by atoms with Crippen molar-refractivity contribution in [1.82, 2.24) is 10.2 Å². The van der Waals surface area contributed by atoms with Crippen molar-refractivity contribution in [2.75, 3.05) is 32.8 Å². The van der Waals surface area contributed by atoms with E-state index < -0.39 is 34.7 Å². The first kappa shape index (κ1) is 31.7. The van der Waals surface area contributed by atoms with Gasteiger partial charge in [-0.05, 0) is 64.5 Å². The number of amides is 1. The van der Waals surface area contributed by atoms with Crippen molar-refractivity contribution < 1.29 is 36.6 Å². The Balaban J connectivity index is 1.45. The molecule has 10 heteroatoms. The van der Waals surface area contributed by atoms with Gasteiger partial charge in [0.1, 0.15) is 11.0 Å². The number of carbonyl (C=O) groups is 2. The molecular formula is C31H44F4N2O4. The number of halogens is 4. The molecule has 1 spiro atoms. The van der Waals surface area contributed by atoms with E-state index in [2.05, 4.69) is 5.32 Å². The lowest BCUT2D eigenvalue weighted by Gasteiger charge is -2.53. The monoisotopic (exact) mass is 584 g/mol. The van der Waals surface area contributed by atoms with E-state index in [0.29, 0.717) is 56.8 Å². The summed E-state index contributed by atoms with van der Waals surface area (Å²) in [7, 11) is 0. The average Bonchev–Trinajstić information content (AvgIpc) is 3.24. The second-order valence-electron chi connectivity index (χ2n) is 13.9. The third-order valence-corrected chi connectivity index (χ3v) is 9.18. The van der Waals surface area contributed by atoms with Gasteiger partial charge in [0.25, 0.3) is 5.92 Å². The Morgan fingerprint density at radius 1 is 1.05 bits per heavy atom. The Morgan fingerprint density at radius 2 is 1.68 bits per heavy atom. The molecule has 1 amide bonds. The summed E-state index contributed by atoms with van der Waals surface area (Å²) in [5.41, 5.74) is -1.01. The molecule has 1 aromatic carbocycles. The fourth-order valence-electron chi connectivity index (χ4n) is 6.22. The third-order valence-electron chi connectivity index (χ3n) is 9.18. The maximum Gasteiger partial charge on any atom is 0.339 e. The lowest BCUT2D eigenvalue weighted by Crippen LogP contribution is -2.66. The van der Waals surface area contributed by atoms with Gasteiger partial charge in [-0.1, -0.05) is 18.2 Å². The van der Waals surface area contributed by atoms with Crippen LogP contribution < -0.4 is 5.32 Å². The maximum atomic E-state index is 14.1. The summed E-state index contributed by atoms with van der Waals surface area (Å²) in [5.74, 6) is -6.97. The number of carbonyl (C=O) groups excluding carboxylic acids is 2. The molecule has 0 radical (unpaired) electrons. The zero-order valence-corrected chi connectivity index (χ0v) is 25.0. The van der Waals surface area contributed by atoms with Gasteiger partial charge in [0, 0.05) is 57.3 Å². The molecule has 1 saturated carbocycles. The van der Waals surface area contributed by atoms with Gasteiger partial charge < -0.3 is 19.7 Å². The van der Waals surface area contributed by atoms with Crippen LogP contribution in [0.15, 0.2) is 18.2 Å². The van der Waals surface area contributed by atoms with Crippen LogP contribution in [-0.2, 0) is 20.9 Å².